The van der Waals surface area contributed by atoms with Gasteiger partial charge in [-0.25, -0.2) is 0 Å². The molecule has 2 atom stereocenters. The molecule has 2 unspecified atom stereocenters. The first-order valence-electron chi connectivity index (χ1n) is 5.81. The highest BCUT2D eigenvalue weighted by molar-refractivity contribution is 5.31. The third-order valence-corrected chi connectivity index (χ3v) is 2.88. The molecule has 0 saturated carbocycles. The number of ether oxygens (including phenoxy) is 1. The molecular formula is C15H20O. The van der Waals surface area contributed by atoms with Crippen LogP contribution >= 0.6 is 0 Å². The minimum atomic E-state index is 0.382. The molecule has 1 heteroatoms. The maximum atomic E-state index is 5.23. The van der Waals surface area contributed by atoms with Gasteiger partial charge in [0.05, 0.1) is 7.11 Å². The normalized spacial score (nSPS) is 13.5. The highest BCUT2D eigenvalue weighted by atomic mass is 16.5. The summed E-state index contributed by atoms with van der Waals surface area (Å²) in [5.74, 6) is 8.16. The lowest BCUT2D eigenvalue weighted by Crippen LogP contribution is -2.04. The lowest BCUT2D eigenvalue weighted by Gasteiger charge is -2.16. The number of benzene rings is 1. The van der Waals surface area contributed by atoms with Gasteiger partial charge in [0.2, 0.25) is 0 Å². The van der Waals surface area contributed by atoms with Gasteiger partial charge in [0.25, 0.3) is 0 Å². The lowest BCUT2D eigenvalue weighted by molar-refractivity contribution is 0.413. The fourth-order valence-electron chi connectivity index (χ4n) is 1.60. The van der Waals surface area contributed by atoms with Crippen LogP contribution in [0.25, 0.3) is 0 Å². The largest absolute Gasteiger partial charge is 0.497 e. The van der Waals surface area contributed by atoms with Crippen molar-refractivity contribution in [2.24, 2.45) is 5.92 Å². The fourth-order valence-corrected chi connectivity index (χ4v) is 1.60. The Morgan fingerprint density at radius 1 is 1.31 bits per heavy atom. The molecule has 0 saturated heterocycles. The maximum absolute atomic E-state index is 5.23. The zero-order chi connectivity index (χ0) is 12.0. The SMILES string of the molecule is CCC#CC(C)C(C)c1cccc(OC)c1. The average Bonchev–Trinajstić information content (AvgIpc) is 2.35. The molecular weight excluding hydrogens is 196 g/mol. The molecule has 0 aliphatic heterocycles. The summed E-state index contributed by atoms with van der Waals surface area (Å²) in [4.78, 5) is 0. The van der Waals surface area contributed by atoms with E-state index >= 15 is 0 Å². The van der Waals surface area contributed by atoms with Crippen molar-refractivity contribution in [1.29, 1.82) is 0 Å². The standard InChI is InChI=1S/C15H20O/c1-5-6-8-12(2)13(3)14-9-7-10-15(11-14)16-4/h7,9-13H,5H2,1-4H3. The van der Waals surface area contributed by atoms with Crippen LogP contribution < -0.4 is 4.74 Å². The molecule has 0 bridgehead atoms. The highest BCUT2D eigenvalue weighted by Gasteiger charge is 2.12. The van der Waals surface area contributed by atoms with E-state index in [1.807, 2.05) is 12.1 Å². The Morgan fingerprint density at radius 3 is 2.69 bits per heavy atom. The molecule has 1 aromatic rings. The van der Waals surface area contributed by atoms with Gasteiger partial charge in [0.15, 0.2) is 0 Å². The molecule has 0 spiro atoms. The zero-order valence-corrected chi connectivity index (χ0v) is 10.6. The van der Waals surface area contributed by atoms with Crippen molar-refractivity contribution in [2.75, 3.05) is 7.11 Å². The second-order valence-electron chi connectivity index (χ2n) is 4.03. The van der Waals surface area contributed by atoms with E-state index in [0.717, 1.165) is 12.2 Å². The molecule has 1 nitrogen and oxygen atoms in total. The second kappa shape index (κ2) is 6.23. The molecule has 0 amide bonds. The van der Waals surface area contributed by atoms with Crippen molar-refractivity contribution in [3.8, 4) is 17.6 Å². The summed E-state index contributed by atoms with van der Waals surface area (Å²) in [5.41, 5.74) is 1.29. The Kier molecular flexibility index (Phi) is 4.92. The van der Waals surface area contributed by atoms with Crippen LogP contribution in [0.15, 0.2) is 24.3 Å². The van der Waals surface area contributed by atoms with E-state index in [2.05, 4.69) is 44.7 Å². The monoisotopic (exact) mass is 216 g/mol. The summed E-state index contributed by atoms with van der Waals surface area (Å²) in [6.45, 7) is 6.46. The molecule has 0 aliphatic carbocycles. The number of rotatable bonds is 3. The quantitative estimate of drug-likeness (QED) is 0.697. The topological polar surface area (TPSA) is 9.23 Å². The van der Waals surface area contributed by atoms with Crippen LogP contribution in [0.4, 0.5) is 0 Å². The average molecular weight is 216 g/mol. The fraction of sp³-hybridized carbons (Fsp3) is 0.467. The first-order valence-corrected chi connectivity index (χ1v) is 5.81. The Hall–Kier alpha value is -1.42. The van der Waals surface area contributed by atoms with Gasteiger partial charge in [-0.3, -0.25) is 0 Å². The van der Waals surface area contributed by atoms with Gasteiger partial charge in [-0.2, -0.15) is 0 Å². The molecule has 0 aliphatic rings. The summed E-state index contributed by atoms with van der Waals surface area (Å²) in [6, 6.07) is 8.23. The van der Waals surface area contributed by atoms with Crippen LogP contribution in [0.5, 0.6) is 5.75 Å². The van der Waals surface area contributed by atoms with E-state index in [0.29, 0.717) is 11.8 Å². The van der Waals surface area contributed by atoms with Crippen LogP contribution in [0.1, 0.15) is 38.7 Å². The molecule has 0 heterocycles. The molecule has 1 aromatic carbocycles. The number of methoxy groups -OCH3 is 1. The van der Waals surface area contributed by atoms with Crippen molar-refractivity contribution >= 4 is 0 Å². The maximum Gasteiger partial charge on any atom is 0.119 e. The van der Waals surface area contributed by atoms with Crippen molar-refractivity contribution in [3.63, 3.8) is 0 Å². The summed E-state index contributed by atoms with van der Waals surface area (Å²) in [7, 11) is 1.70. The van der Waals surface area contributed by atoms with E-state index in [4.69, 9.17) is 4.74 Å². The van der Waals surface area contributed by atoms with Gasteiger partial charge in [-0.15, -0.1) is 5.92 Å². The molecule has 0 radical (unpaired) electrons. The van der Waals surface area contributed by atoms with Crippen LogP contribution in [-0.2, 0) is 0 Å². The van der Waals surface area contributed by atoms with Crippen molar-refractivity contribution < 1.29 is 4.74 Å². The van der Waals surface area contributed by atoms with Crippen LogP contribution in [-0.4, -0.2) is 7.11 Å². The van der Waals surface area contributed by atoms with Crippen LogP contribution in [0.3, 0.4) is 0 Å². The minimum absolute atomic E-state index is 0.382. The van der Waals surface area contributed by atoms with Gasteiger partial charge < -0.3 is 4.74 Å². The molecule has 0 N–H and O–H groups in total. The molecule has 0 aromatic heterocycles. The Bertz CT molecular complexity index is 384. The van der Waals surface area contributed by atoms with Crippen molar-refractivity contribution in [1.82, 2.24) is 0 Å². The predicted molar refractivity (Wildman–Crippen MR) is 68.6 cm³/mol. The van der Waals surface area contributed by atoms with E-state index in [9.17, 15) is 0 Å². The number of hydrogen-bond donors (Lipinski definition) is 0. The third-order valence-electron chi connectivity index (χ3n) is 2.88. The summed E-state index contributed by atoms with van der Waals surface area (Å²) < 4.78 is 5.23. The Balaban J connectivity index is 2.82. The predicted octanol–water partition coefficient (Wildman–Crippen LogP) is 3.85. The lowest BCUT2D eigenvalue weighted by atomic mass is 9.89. The van der Waals surface area contributed by atoms with Gasteiger partial charge in [-0.05, 0) is 23.6 Å². The summed E-state index contributed by atoms with van der Waals surface area (Å²) in [6.07, 6.45) is 0.926. The van der Waals surface area contributed by atoms with Crippen molar-refractivity contribution in [2.45, 2.75) is 33.1 Å². The van der Waals surface area contributed by atoms with E-state index in [1.54, 1.807) is 7.11 Å². The summed E-state index contributed by atoms with van der Waals surface area (Å²) >= 11 is 0. The summed E-state index contributed by atoms with van der Waals surface area (Å²) in [5, 5.41) is 0. The van der Waals surface area contributed by atoms with Gasteiger partial charge >= 0.3 is 0 Å². The first-order chi connectivity index (χ1) is 7.69. The first kappa shape index (κ1) is 12.6. The van der Waals surface area contributed by atoms with Crippen LogP contribution in [0, 0.1) is 17.8 Å². The van der Waals surface area contributed by atoms with Gasteiger partial charge in [-0.1, -0.05) is 38.8 Å². The van der Waals surface area contributed by atoms with Crippen molar-refractivity contribution in [3.05, 3.63) is 29.8 Å². The van der Waals surface area contributed by atoms with E-state index < -0.39 is 0 Å². The highest BCUT2D eigenvalue weighted by Crippen LogP contribution is 2.26. The Labute approximate surface area is 98.8 Å². The molecule has 0 fully saturated rings. The minimum Gasteiger partial charge on any atom is -0.497 e. The molecule has 1 rings (SSSR count). The van der Waals surface area contributed by atoms with E-state index in [-0.39, 0.29) is 0 Å². The second-order valence-corrected chi connectivity index (χ2v) is 4.03. The zero-order valence-electron chi connectivity index (χ0n) is 10.6. The molecule has 86 valence electrons. The van der Waals surface area contributed by atoms with E-state index in [1.165, 1.54) is 5.56 Å². The Morgan fingerprint density at radius 2 is 2.06 bits per heavy atom. The number of hydrogen-bond acceptors (Lipinski definition) is 1. The van der Waals surface area contributed by atoms with Gasteiger partial charge in [0.1, 0.15) is 5.75 Å². The van der Waals surface area contributed by atoms with Gasteiger partial charge in [0, 0.05) is 12.3 Å². The van der Waals surface area contributed by atoms with Crippen LogP contribution in [0.2, 0.25) is 0 Å². The molecule has 16 heavy (non-hydrogen) atoms. The smallest absolute Gasteiger partial charge is 0.119 e. The third kappa shape index (κ3) is 3.31.